The van der Waals surface area contributed by atoms with Gasteiger partial charge >= 0.3 is 0 Å². The van der Waals surface area contributed by atoms with Crippen LogP contribution >= 0.6 is 0 Å². The molecule has 20 heavy (non-hydrogen) atoms. The lowest BCUT2D eigenvalue weighted by Gasteiger charge is -2.40. The molecule has 1 aliphatic heterocycles. The number of benzene rings is 1. The van der Waals surface area contributed by atoms with Crippen LogP contribution in [0.1, 0.15) is 33.6 Å². The van der Waals surface area contributed by atoms with E-state index in [4.69, 9.17) is 5.73 Å². The van der Waals surface area contributed by atoms with Crippen LogP contribution in [0.2, 0.25) is 0 Å². The van der Waals surface area contributed by atoms with Gasteiger partial charge in [0.05, 0.1) is 17.4 Å². The summed E-state index contributed by atoms with van der Waals surface area (Å²) in [6, 6.07) is 7.70. The number of anilines is 2. The number of carbonyl (C=O) groups is 1. The van der Waals surface area contributed by atoms with E-state index in [0.717, 1.165) is 13.0 Å². The Hall–Kier alpha value is -1.55. The minimum absolute atomic E-state index is 0.0175. The van der Waals surface area contributed by atoms with Crippen LogP contribution in [0.5, 0.6) is 0 Å². The Morgan fingerprint density at radius 3 is 2.75 bits per heavy atom. The molecule has 3 unspecified atom stereocenters. The second-order valence-corrected chi connectivity index (χ2v) is 5.98. The van der Waals surface area contributed by atoms with Crippen LogP contribution in [0.25, 0.3) is 0 Å². The first kappa shape index (κ1) is 14.9. The monoisotopic (exact) mass is 275 g/mol. The second-order valence-electron chi connectivity index (χ2n) is 5.98. The van der Waals surface area contributed by atoms with E-state index in [1.807, 2.05) is 25.1 Å². The van der Waals surface area contributed by atoms with Gasteiger partial charge in [0, 0.05) is 12.6 Å². The fourth-order valence-corrected chi connectivity index (χ4v) is 2.86. The van der Waals surface area contributed by atoms with Gasteiger partial charge in [-0.05, 0) is 44.7 Å². The van der Waals surface area contributed by atoms with E-state index in [2.05, 4.69) is 24.1 Å². The SMILES string of the molecule is CC1CCC(C)N(C(C)C(=O)Nc2ccccc2N)C1. The van der Waals surface area contributed by atoms with Crippen molar-refractivity contribution in [3.05, 3.63) is 24.3 Å². The Bertz CT molecular complexity index is 475. The number of nitrogens with zero attached hydrogens (tertiary/aromatic N) is 1. The van der Waals surface area contributed by atoms with Gasteiger partial charge in [0.1, 0.15) is 0 Å². The number of nitrogens with one attached hydrogen (secondary N) is 1. The third kappa shape index (κ3) is 3.31. The molecule has 1 aliphatic rings. The molecule has 0 saturated carbocycles. The van der Waals surface area contributed by atoms with Crippen molar-refractivity contribution in [2.75, 3.05) is 17.6 Å². The molecule has 3 atom stereocenters. The molecule has 4 nitrogen and oxygen atoms in total. The molecule has 0 aromatic heterocycles. The maximum atomic E-state index is 12.4. The van der Waals surface area contributed by atoms with Crippen molar-refractivity contribution in [3.63, 3.8) is 0 Å². The second kappa shape index (κ2) is 6.27. The van der Waals surface area contributed by atoms with Crippen LogP contribution in [0.4, 0.5) is 11.4 Å². The van der Waals surface area contributed by atoms with E-state index in [1.54, 1.807) is 6.07 Å². The fraction of sp³-hybridized carbons (Fsp3) is 0.562. The number of piperidine rings is 1. The summed E-state index contributed by atoms with van der Waals surface area (Å²) in [7, 11) is 0. The highest BCUT2D eigenvalue weighted by molar-refractivity contribution is 5.97. The third-order valence-corrected chi connectivity index (χ3v) is 4.26. The average molecular weight is 275 g/mol. The summed E-state index contributed by atoms with van der Waals surface area (Å²) in [6.07, 6.45) is 2.41. The van der Waals surface area contributed by atoms with Crippen LogP contribution < -0.4 is 11.1 Å². The van der Waals surface area contributed by atoms with Crippen molar-refractivity contribution in [2.24, 2.45) is 5.92 Å². The fourth-order valence-electron chi connectivity index (χ4n) is 2.86. The Kier molecular flexibility index (Phi) is 4.65. The van der Waals surface area contributed by atoms with Gasteiger partial charge in [-0.1, -0.05) is 19.1 Å². The number of hydrogen-bond acceptors (Lipinski definition) is 3. The van der Waals surface area contributed by atoms with Gasteiger partial charge in [-0.2, -0.15) is 0 Å². The number of nitrogens with two attached hydrogens (primary N) is 1. The number of hydrogen-bond donors (Lipinski definition) is 2. The van der Waals surface area contributed by atoms with E-state index in [9.17, 15) is 4.79 Å². The third-order valence-electron chi connectivity index (χ3n) is 4.26. The normalized spacial score (nSPS) is 25.1. The van der Waals surface area contributed by atoms with E-state index < -0.39 is 0 Å². The highest BCUT2D eigenvalue weighted by Crippen LogP contribution is 2.24. The topological polar surface area (TPSA) is 58.4 Å². The Morgan fingerprint density at radius 2 is 2.05 bits per heavy atom. The number of nitrogen functional groups attached to an aromatic ring is 1. The average Bonchev–Trinajstić information content (AvgIpc) is 2.43. The summed E-state index contributed by atoms with van der Waals surface area (Å²) < 4.78 is 0. The lowest BCUT2D eigenvalue weighted by Crippen LogP contribution is -2.50. The molecule has 1 aromatic rings. The largest absolute Gasteiger partial charge is 0.397 e. The van der Waals surface area contributed by atoms with Crippen molar-refractivity contribution in [1.82, 2.24) is 4.90 Å². The van der Waals surface area contributed by atoms with Crippen molar-refractivity contribution in [3.8, 4) is 0 Å². The summed E-state index contributed by atoms with van der Waals surface area (Å²) in [5.74, 6) is 0.673. The molecule has 1 aromatic carbocycles. The highest BCUT2D eigenvalue weighted by Gasteiger charge is 2.30. The minimum Gasteiger partial charge on any atom is -0.397 e. The predicted octanol–water partition coefficient (Wildman–Crippen LogP) is 2.72. The van der Waals surface area contributed by atoms with E-state index in [1.165, 1.54) is 6.42 Å². The highest BCUT2D eigenvalue weighted by atomic mass is 16.2. The lowest BCUT2D eigenvalue weighted by molar-refractivity contribution is -0.122. The lowest BCUT2D eigenvalue weighted by atomic mass is 9.93. The molecule has 1 heterocycles. The van der Waals surface area contributed by atoms with Crippen LogP contribution in [0.15, 0.2) is 24.3 Å². The molecule has 3 N–H and O–H groups in total. The molecule has 0 radical (unpaired) electrons. The molecule has 0 aliphatic carbocycles. The standard InChI is InChI=1S/C16H25N3O/c1-11-8-9-12(2)19(10-11)13(3)16(20)18-15-7-5-4-6-14(15)17/h4-7,11-13H,8-10,17H2,1-3H3,(H,18,20). The summed E-state index contributed by atoms with van der Waals surface area (Å²) in [4.78, 5) is 14.7. The quantitative estimate of drug-likeness (QED) is 0.834. The van der Waals surface area contributed by atoms with Crippen LogP contribution in [-0.4, -0.2) is 29.4 Å². The van der Waals surface area contributed by atoms with Crippen LogP contribution in [0.3, 0.4) is 0 Å². The number of carbonyl (C=O) groups excluding carboxylic acids is 1. The zero-order chi connectivity index (χ0) is 14.7. The number of rotatable bonds is 3. The molecular weight excluding hydrogens is 250 g/mol. The molecule has 1 saturated heterocycles. The molecular formula is C16H25N3O. The molecule has 1 amide bonds. The Balaban J connectivity index is 2.03. The minimum atomic E-state index is -0.132. The molecule has 2 rings (SSSR count). The Labute approximate surface area is 121 Å². The zero-order valence-electron chi connectivity index (χ0n) is 12.6. The van der Waals surface area contributed by atoms with E-state index >= 15 is 0 Å². The zero-order valence-corrected chi connectivity index (χ0v) is 12.6. The smallest absolute Gasteiger partial charge is 0.241 e. The van der Waals surface area contributed by atoms with Crippen LogP contribution in [0, 0.1) is 5.92 Å². The van der Waals surface area contributed by atoms with Gasteiger partial charge in [-0.3, -0.25) is 9.69 Å². The molecule has 0 bridgehead atoms. The number of likely N-dealkylation sites (tertiary alicyclic amines) is 1. The Morgan fingerprint density at radius 1 is 1.35 bits per heavy atom. The van der Waals surface area contributed by atoms with Crippen molar-refractivity contribution >= 4 is 17.3 Å². The first-order chi connectivity index (χ1) is 9.49. The first-order valence-electron chi connectivity index (χ1n) is 7.40. The van der Waals surface area contributed by atoms with Crippen molar-refractivity contribution < 1.29 is 4.79 Å². The maximum Gasteiger partial charge on any atom is 0.241 e. The van der Waals surface area contributed by atoms with Gasteiger partial charge in [0.2, 0.25) is 5.91 Å². The van der Waals surface area contributed by atoms with Crippen LogP contribution in [-0.2, 0) is 4.79 Å². The molecule has 1 fully saturated rings. The van der Waals surface area contributed by atoms with E-state index in [-0.39, 0.29) is 11.9 Å². The number of amides is 1. The first-order valence-corrected chi connectivity index (χ1v) is 7.40. The van der Waals surface area contributed by atoms with Crippen molar-refractivity contribution in [1.29, 1.82) is 0 Å². The predicted molar refractivity (Wildman–Crippen MR) is 83.5 cm³/mol. The van der Waals surface area contributed by atoms with Gasteiger partial charge in [-0.25, -0.2) is 0 Å². The summed E-state index contributed by atoms with van der Waals surface area (Å²) in [5, 5.41) is 2.94. The number of para-hydroxylation sites is 2. The molecule has 110 valence electrons. The summed E-state index contributed by atoms with van der Waals surface area (Å²) in [5.41, 5.74) is 7.17. The summed E-state index contributed by atoms with van der Waals surface area (Å²) in [6.45, 7) is 7.41. The molecule has 4 heteroatoms. The van der Waals surface area contributed by atoms with Crippen molar-refractivity contribution in [2.45, 2.75) is 45.7 Å². The summed E-state index contributed by atoms with van der Waals surface area (Å²) >= 11 is 0. The van der Waals surface area contributed by atoms with Gasteiger partial charge in [0.25, 0.3) is 0 Å². The molecule has 0 spiro atoms. The maximum absolute atomic E-state index is 12.4. The van der Waals surface area contributed by atoms with Gasteiger partial charge in [-0.15, -0.1) is 0 Å². The van der Waals surface area contributed by atoms with Gasteiger partial charge < -0.3 is 11.1 Å². The van der Waals surface area contributed by atoms with Gasteiger partial charge in [0.15, 0.2) is 0 Å². The van der Waals surface area contributed by atoms with E-state index in [0.29, 0.717) is 23.3 Å².